The van der Waals surface area contributed by atoms with Gasteiger partial charge in [0.2, 0.25) is 0 Å². The minimum atomic E-state index is -0.357. The average molecular weight is 370 g/mol. The van der Waals surface area contributed by atoms with Gasteiger partial charge in [-0.2, -0.15) is 0 Å². The first-order chi connectivity index (χ1) is 12.2. The zero-order valence-electron chi connectivity index (χ0n) is 13.4. The number of para-hydroxylation sites is 1. The Bertz CT molecular complexity index is 1010. The quantitative estimate of drug-likeness (QED) is 0.612. The average Bonchev–Trinajstić information content (AvgIpc) is 3.00. The number of carbonyl (C=O) groups excluding carboxylic acids is 1. The summed E-state index contributed by atoms with van der Waals surface area (Å²) in [6.07, 6.45) is 4.08. The van der Waals surface area contributed by atoms with Gasteiger partial charge in [0.15, 0.2) is 0 Å². The van der Waals surface area contributed by atoms with Crippen LogP contribution < -0.4 is 10.6 Å². The third-order valence-electron chi connectivity index (χ3n) is 4.96. The zero-order valence-corrected chi connectivity index (χ0v) is 15.0. The maximum Gasteiger partial charge on any atom is 0.256 e. The molecule has 1 aliphatic carbocycles. The number of halogens is 1. The molecular weight excluding hydrogens is 354 g/mol. The highest BCUT2D eigenvalue weighted by Gasteiger charge is 2.32. The Labute approximate surface area is 154 Å². The first kappa shape index (κ1) is 15.2. The zero-order chi connectivity index (χ0) is 17.0. The van der Waals surface area contributed by atoms with Crippen molar-refractivity contribution >= 4 is 44.7 Å². The molecule has 2 aliphatic rings. The SMILES string of the molecule is O=C1N[C@@H](c2cc3ccccc3nc2Cl)Nc2sc3c(c21)CCCC3. The van der Waals surface area contributed by atoms with Crippen LogP contribution in [0.5, 0.6) is 0 Å². The summed E-state index contributed by atoms with van der Waals surface area (Å²) in [6, 6.07) is 9.85. The number of aryl methyl sites for hydroxylation is 1. The summed E-state index contributed by atoms with van der Waals surface area (Å²) in [5.74, 6) is -0.0117. The van der Waals surface area contributed by atoms with Crippen molar-refractivity contribution in [3.05, 3.63) is 57.1 Å². The summed E-state index contributed by atoms with van der Waals surface area (Å²) >= 11 is 8.13. The molecular formula is C19H16ClN3OS. The second-order valence-electron chi connectivity index (χ2n) is 6.53. The van der Waals surface area contributed by atoms with E-state index in [0.717, 1.165) is 46.3 Å². The number of carbonyl (C=O) groups is 1. The summed E-state index contributed by atoms with van der Waals surface area (Å²) in [4.78, 5) is 18.6. The predicted molar refractivity (Wildman–Crippen MR) is 102 cm³/mol. The third kappa shape index (κ3) is 2.41. The van der Waals surface area contributed by atoms with Crippen LogP contribution in [0.3, 0.4) is 0 Å². The lowest BCUT2D eigenvalue weighted by Gasteiger charge is -2.27. The lowest BCUT2D eigenvalue weighted by Crippen LogP contribution is -2.38. The van der Waals surface area contributed by atoms with E-state index in [2.05, 4.69) is 15.6 Å². The van der Waals surface area contributed by atoms with Gasteiger partial charge >= 0.3 is 0 Å². The molecule has 2 aromatic heterocycles. The van der Waals surface area contributed by atoms with E-state index >= 15 is 0 Å². The number of anilines is 1. The Morgan fingerprint density at radius 1 is 1.16 bits per heavy atom. The van der Waals surface area contributed by atoms with Crippen LogP contribution in [0, 0.1) is 0 Å². The van der Waals surface area contributed by atoms with Gasteiger partial charge < -0.3 is 10.6 Å². The lowest BCUT2D eigenvalue weighted by molar-refractivity contribution is 0.0935. The molecule has 5 rings (SSSR count). The first-order valence-corrected chi connectivity index (χ1v) is 9.67. The maximum atomic E-state index is 12.8. The van der Waals surface area contributed by atoms with Crippen LogP contribution in [0.2, 0.25) is 5.15 Å². The van der Waals surface area contributed by atoms with Gasteiger partial charge in [-0.3, -0.25) is 4.79 Å². The topological polar surface area (TPSA) is 54.0 Å². The van der Waals surface area contributed by atoms with Crippen molar-refractivity contribution in [2.24, 2.45) is 0 Å². The summed E-state index contributed by atoms with van der Waals surface area (Å²) in [7, 11) is 0. The second-order valence-corrected chi connectivity index (χ2v) is 7.99. The van der Waals surface area contributed by atoms with E-state index in [1.807, 2.05) is 30.3 Å². The normalized spacial score (nSPS) is 19.1. The van der Waals surface area contributed by atoms with Crippen molar-refractivity contribution in [3.8, 4) is 0 Å². The molecule has 4 nitrogen and oxygen atoms in total. The largest absolute Gasteiger partial charge is 0.353 e. The number of rotatable bonds is 1. The van der Waals surface area contributed by atoms with Crippen molar-refractivity contribution in [3.63, 3.8) is 0 Å². The van der Waals surface area contributed by atoms with Crippen LogP contribution in [-0.2, 0) is 12.8 Å². The molecule has 1 atom stereocenters. The summed E-state index contributed by atoms with van der Waals surface area (Å²) in [5, 5.41) is 8.92. The molecule has 1 aliphatic heterocycles. The molecule has 0 unspecified atom stereocenters. The third-order valence-corrected chi connectivity index (χ3v) is 6.49. The lowest BCUT2D eigenvalue weighted by atomic mass is 9.94. The monoisotopic (exact) mass is 369 g/mol. The summed E-state index contributed by atoms with van der Waals surface area (Å²) < 4.78 is 0. The maximum absolute atomic E-state index is 12.8. The van der Waals surface area contributed by atoms with Crippen molar-refractivity contribution in [2.45, 2.75) is 31.8 Å². The Hall–Kier alpha value is -2.11. The van der Waals surface area contributed by atoms with Crippen LogP contribution in [0.15, 0.2) is 30.3 Å². The number of amides is 1. The van der Waals surface area contributed by atoms with Gasteiger partial charge in [-0.25, -0.2) is 4.98 Å². The fraction of sp³-hybridized carbons (Fsp3) is 0.263. The molecule has 0 saturated heterocycles. The van der Waals surface area contributed by atoms with Crippen LogP contribution in [0.4, 0.5) is 5.00 Å². The minimum absolute atomic E-state index is 0.0117. The van der Waals surface area contributed by atoms with Crippen LogP contribution in [0.1, 0.15) is 45.4 Å². The predicted octanol–water partition coefficient (Wildman–Crippen LogP) is 4.68. The standard InChI is InChI=1S/C19H16ClN3OS/c20-16-12(9-10-5-1-3-7-13(10)21-16)17-22-18(24)15-11-6-2-4-8-14(11)25-19(15)23-17/h1,3,5,7,9,17,23H,2,4,6,8H2,(H,22,24)/t17-/m1/s1. The van der Waals surface area contributed by atoms with Crippen molar-refractivity contribution in [1.29, 1.82) is 0 Å². The van der Waals surface area contributed by atoms with Crippen LogP contribution >= 0.6 is 22.9 Å². The number of benzene rings is 1. The van der Waals surface area contributed by atoms with Crippen molar-refractivity contribution in [1.82, 2.24) is 10.3 Å². The number of nitrogens with one attached hydrogen (secondary N) is 2. The van der Waals surface area contributed by atoms with Gasteiger partial charge in [0.05, 0.1) is 11.1 Å². The van der Waals surface area contributed by atoms with E-state index in [1.165, 1.54) is 16.9 Å². The number of nitrogens with zero attached hydrogens (tertiary/aromatic N) is 1. The molecule has 3 aromatic rings. The van der Waals surface area contributed by atoms with E-state index in [1.54, 1.807) is 11.3 Å². The highest BCUT2D eigenvalue weighted by molar-refractivity contribution is 7.16. The number of fused-ring (bicyclic) bond motifs is 4. The fourth-order valence-electron chi connectivity index (χ4n) is 3.74. The van der Waals surface area contributed by atoms with Gasteiger partial charge in [0, 0.05) is 15.8 Å². The number of hydrogen-bond acceptors (Lipinski definition) is 4. The summed E-state index contributed by atoms with van der Waals surface area (Å²) in [5.41, 5.74) is 3.72. The molecule has 25 heavy (non-hydrogen) atoms. The first-order valence-electron chi connectivity index (χ1n) is 8.48. The van der Waals surface area contributed by atoms with E-state index < -0.39 is 0 Å². The van der Waals surface area contributed by atoms with E-state index in [0.29, 0.717) is 5.15 Å². The number of hydrogen-bond donors (Lipinski definition) is 2. The molecule has 3 heterocycles. The Kier molecular flexibility index (Phi) is 3.47. The van der Waals surface area contributed by atoms with Gasteiger partial charge in [-0.1, -0.05) is 29.8 Å². The van der Waals surface area contributed by atoms with E-state index in [9.17, 15) is 4.79 Å². The van der Waals surface area contributed by atoms with Gasteiger partial charge in [0.1, 0.15) is 16.3 Å². The van der Waals surface area contributed by atoms with Crippen molar-refractivity contribution < 1.29 is 4.79 Å². The van der Waals surface area contributed by atoms with Crippen LogP contribution in [0.25, 0.3) is 10.9 Å². The van der Waals surface area contributed by atoms with E-state index in [4.69, 9.17) is 11.6 Å². The highest BCUT2D eigenvalue weighted by Crippen LogP contribution is 2.42. The molecule has 1 amide bonds. The molecule has 0 spiro atoms. The Morgan fingerprint density at radius 2 is 2.00 bits per heavy atom. The second kappa shape index (κ2) is 5.71. The highest BCUT2D eigenvalue weighted by atomic mass is 35.5. The summed E-state index contributed by atoms with van der Waals surface area (Å²) in [6.45, 7) is 0. The van der Waals surface area contributed by atoms with Crippen LogP contribution in [-0.4, -0.2) is 10.9 Å². The minimum Gasteiger partial charge on any atom is -0.353 e. The Balaban J connectivity index is 1.58. The van der Waals surface area contributed by atoms with E-state index in [-0.39, 0.29) is 12.1 Å². The molecule has 1 aromatic carbocycles. The Morgan fingerprint density at radius 3 is 2.92 bits per heavy atom. The smallest absolute Gasteiger partial charge is 0.256 e. The molecule has 6 heteroatoms. The molecule has 0 saturated carbocycles. The van der Waals surface area contributed by atoms with Gasteiger partial charge in [0.25, 0.3) is 5.91 Å². The molecule has 2 N–H and O–H groups in total. The number of aromatic nitrogens is 1. The fourth-order valence-corrected chi connectivity index (χ4v) is 5.31. The van der Waals surface area contributed by atoms with Gasteiger partial charge in [-0.15, -0.1) is 11.3 Å². The molecule has 0 fully saturated rings. The number of thiophene rings is 1. The molecule has 126 valence electrons. The number of pyridine rings is 1. The van der Waals surface area contributed by atoms with Crippen molar-refractivity contribution in [2.75, 3.05) is 5.32 Å². The van der Waals surface area contributed by atoms with Gasteiger partial charge in [-0.05, 0) is 43.4 Å². The molecule has 0 radical (unpaired) electrons. The molecule has 0 bridgehead atoms.